The van der Waals surface area contributed by atoms with Crippen molar-refractivity contribution in [2.45, 2.75) is 26.3 Å². The van der Waals surface area contributed by atoms with Crippen LogP contribution in [-0.2, 0) is 0 Å². The van der Waals surface area contributed by atoms with Gasteiger partial charge >= 0.3 is 0 Å². The molecule has 1 aliphatic rings. The molecule has 1 aromatic carbocycles. The second kappa shape index (κ2) is 6.75. The molecule has 0 saturated carbocycles. The number of amides is 1. The number of nitrogens with zero attached hydrogens (tertiary/aromatic N) is 1. The van der Waals surface area contributed by atoms with Gasteiger partial charge in [-0.1, -0.05) is 19.9 Å². The molecule has 20 heavy (non-hydrogen) atoms. The van der Waals surface area contributed by atoms with Crippen molar-refractivity contribution < 1.29 is 9.53 Å². The SMILES string of the molecule is COc1cccc(C(=O)N2CCCNC(C(C)C)C2)c1. The van der Waals surface area contributed by atoms with Gasteiger partial charge in [0, 0.05) is 24.7 Å². The number of hydrogen-bond acceptors (Lipinski definition) is 3. The maximum atomic E-state index is 12.6. The van der Waals surface area contributed by atoms with Gasteiger partial charge in [-0.2, -0.15) is 0 Å². The molecule has 0 aromatic heterocycles. The average Bonchev–Trinajstić information content (AvgIpc) is 2.72. The van der Waals surface area contributed by atoms with Crippen LogP contribution in [0.3, 0.4) is 0 Å². The zero-order chi connectivity index (χ0) is 14.5. The normalized spacial score (nSPS) is 19.8. The van der Waals surface area contributed by atoms with Crippen LogP contribution >= 0.6 is 0 Å². The Kier molecular flexibility index (Phi) is 5.01. The molecule has 0 radical (unpaired) electrons. The Labute approximate surface area is 121 Å². The quantitative estimate of drug-likeness (QED) is 0.920. The summed E-state index contributed by atoms with van der Waals surface area (Å²) in [6, 6.07) is 7.75. The molecule has 1 unspecified atom stereocenters. The van der Waals surface area contributed by atoms with Crippen molar-refractivity contribution in [3.8, 4) is 5.75 Å². The Balaban J connectivity index is 2.13. The smallest absolute Gasteiger partial charge is 0.254 e. The van der Waals surface area contributed by atoms with Gasteiger partial charge in [0.05, 0.1) is 7.11 Å². The highest BCUT2D eigenvalue weighted by Gasteiger charge is 2.24. The van der Waals surface area contributed by atoms with E-state index >= 15 is 0 Å². The number of ether oxygens (including phenoxy) is 1. The molecule has 4 heteroatoms. The molecule has 1 aromatic rings. The highest BCUT2D eigenvalue weighted by Crippen LogP contribution is 2.16. The number of nitrogens with one attached hydrogen (secondary N) is 1. The molecule has 1 heterocycles. The monoisotopic (exact) mass is 276 g/mol. The van der Waals surface area contributed by atoms with Crippen molar-refractivity contribution in [1.82, 2.24) is 10.2 Å². The van der Waals surface area contributed by atoms with E-state index in [0.717, 1.165) is 31.8 Å². The fraction of sp³-hybridized carbons (Fsp3) is 0.562. The van der Waals surface area contributed by atoms with Crippen LogP contribution in [0.5, 0.6) is 5.75 Å². The summed E-state index contributed by atoms with van der Waals surface area (Å²) in [7, 11) is 1.62. The Hall–Kier alpha value is -1.55. The number of carbonyl (C=O) groups is 1. The largest absolute Gasteiger partial charge is 0.497 e. The van der Waals surface area contributed by atoms with Crippen LogP contribution in [0.25, 0.3) is 0 Å². The lowest BCUT2D eigenvalue weighted by molar-refractivity contribution is 0.0745. The molecule has 4 nitrogen and oxygen atoms in total. The summed E-state index contributed by atoms with van der Waals surface area (Å²) in [5, 5.41) is 3.52. The van der Waals surface area contributed by atoms with E-state index in [1.165, 1.54) is 0 Å². The summed E-state index contributed by atoms with van der Waals surface area (Å²) in [4.78, 5) is 14.6. The molecular weight excluding hydrogens is 252 g/mol. The van der Waals surface area contributed by atoms with E-state index in [0.29, 0.717) is 17.5 Å². The lowest BCUT2D eigenvalue weighted by atomic mass is 10.0. The van der Waals surface area contributed by atoms with Crippen LogP contribution in [0.4, 0.5) is 0 Å². The van der Waals surface area contributed by atoms with Gasteiger partial charge < -0.3 is 15.0 Å². The van der Waals surface area contributed by atoms with E-state index in [1.807, 2.05) is 29.2 Å². The standard InChI is InChI=1S/C16H24N2O2/c1-12(2)15-11-18(9-5-8-17-15)16(19)13-6-4-7-14(10-13)20-3/h4,6-7,10,12,15,17H,5,8-9,11H2,1-3H3. The molecule has 1 amide bonds. The zero-order valence-electron chi connectivity index (χ0n) is 12.6. The number of carbonyl (C=O) groups excluding carboxylic acids is 1. The van der Waals surface area contributed by atoms with Crippen LogP contribution < -0.4 is 10.1 Å². The zero-order valence-corrected chi connectivity index (χ0v) is 12.6. The van der Waals surface area contributed by atoms with Gasteiger partial charge in [-0.15, -0.1) is 0 Å². The van der Waals surface area contributed by atoms with Crippen molar-refractivity contribution in [3.05, 3.63) is 29.8 Å². The van der Waals surface area contributed by atoms with Gasteiger partial charge in [-0.3, -0.25) is 4.79 Å². The van der Waals surface area contributed by atoms with Crippen molar-refractivity contribution in [1.29, 1.82) is 0 Å². The minimum atomic E-state index is 0.0956. The molecule has 0 aliphatic carbocycles. The third-order valence-electron chi connectivity index (χ3n) is 3.84. The average molecular weight is 276 g/mol. The lowest BCUT2D eigenvalue weighted by Crippen LogP contribution is -2.43. The Morgan fingerprint density at radius 2 is 2.25 bits per heavy atom. The fourth-order valence-electron chi connectivity index (χ4n) is 2.52. The molecule has 0 bridgehead atoms. The molecule has 1 aliphatic heterocycles. The first-order valence-corrected chi connectivity index (χ1v) is 7.28. The van der Waals surface area contributed by atoms with Gasteiger partial charge in [-0.05, 0) is 37.1 Å². The second-order valence-corrected chi connectivity index (χ2v) is 5.64. The maximum Gasteiger partial charge on any atom is 0.254 e. The summed E-state index contributed by atoms with van der Waals surface area (Å²) in [5.74, 6) is 1.34. The Bertz CT molecular complexity index is 460. The van der Waals surface area contributed by atoms with Crippen molar-refractivity contribution in [2.24, 2.45) is 5.92 Å². The molecule has 110 valence electrons. The van der Waals surface area contributed by atoms with E-state index in [-0.39, 0.29) is 5.91 Å². The molecular formula is C16H24N2O2. The fourth-order valence-corrected chi connectivity index (χ4v) is 2.52. The maximum absolute atomic E-state index is 12.6. The molecule has 1 fully saturated rings. The van der Waals surface area contributed by atoms with Crippen LogP contribution in [0.2, 0.25) is 0 Å². The van der Waals surface area contributed by atoms with Gasteiger partial charge in [0.2, 0.25) is 0 Å². The summed E-state index contributed by atoms with van der Waals surface area (Å²) in [6.45, 7) is 6.94. The Morgan fingerprint density at radius 1 is 1.45 bits per heavy atom. The van der Waals surface area contributed by atoms with Gasteiger partial charge in [-0.25, -0.2) is 0 Å². The van der Waals surface area contributed by atoms with Crippen LogP contribution in [-0.4, -0.2) is 43.6 Å². The summed E-state index contributed by atoms with van der Waals surface area (Å²) in [5.41, 5.74) is 0.703. The van der Waals surface area contributed by atoms with Crippen LogP contribution in [0.15, 0.2) is 24.3 Å². The first kappa shape index (κ1) is 14.9. The predicted octanol–water partition coefficient (Wildman–Crippen LogP) is 2.16. The first-order valence-electron chi connectivity index (χ1n) is 7.28. The predicted molar refractivity (Wildman–Crippen MR) is 80.1 cm³/mol. The highest BCUT2D eigenvalue weighted by atomic mass is 16.5. The van der Waals surface area contributed by atoms with Gasteiger partial charge in [0.1, 0.15) is 5.75 Å². The summed E-state index contributed by atoms with van der Waals surface area (Å²) in [6.07, 6.45) is 0.999. The van der Waals surface area contributed by atoms with E-state index in [2.05, 4.69) is 19.2 Å². The number of benzene rings is 1. The minimum absolute atomic E-state index is 0.0956. The van der Waals surface area contributed by atoms with Crippen molar-refractivity contribution in [2.75, 3.05) is 26.7 Å². The third kappa shape index (κ3) is 3.51. The minimum Gasteiger partial charge on any atom is -0.497 e. The number of hydrogen-bond donors (Lipinski definition) is 1. The molecule has 1 N–H and O–H groups in total. The molecule has 1 atom stereocenters. The van der Waals surface area contributed by atoms with Crippen LogP contribution in [0.1, 0.15) is 30.6 Å². The van der Waals surface area contributed by atoms with E-state index in [4.69, 9.17) is 4.74 Å². The van der Waals surface area contributed by atoms with E-state index in [1.54, 1.807) is 7.11 Å². The summed E-state index contributed by atoms with van der Waals surface area (Å²) < 4.78 is 5.19. The van der Waals surface area contributed by atoms with Crippen molar-refractivity contribution >= 4 is 5.91 Å². The second-order valence-electron chi connectivity index (χ2n) is 5.64. The molecule has 1 saturated heterocycles. The lowest BCUT2D eigenvalue weighted by Gasteiger charge is -2.27. The molecule has 2 rings (SSSR count). The van der Waals surface area contributed by atoms with Crippen molar-refractivity contribution in [3.63, 3.8) is 0 Å². The van der Waals surface area contributed by atoms with E-state index in [9.17, 15) is 4.79 Å². The topological polar surface area (TPSA) is 41.6 Å². The van der Waals surface area contributed by atoms with E-state index < -0.39 is 0 Å². The van der Waals surface area contributed by atoms with Gasteiger partial charge in [0.15, 0.2) is 0 Å². The summed E-state index contributed by atoms with van der Waals surface area (Å²) >= 11 is 0. The Morgan fingerprint density at radius 3 is 2.95 bits per heavy atom. The number of rotatable bonds is 3. The highest BCUT2D eigenvalue weighted by molar-refractivity contribution is 5.94. The number of methoxy groups -OCH3 is 1. The first-order chi connectivity index (χ1) is 9.61. The van der Waals surface area contributed by atoms with Gasteiger partial charge in [0.25, 0.3) is 5.91 Å². The van der Waals surface area contributed by atoms with Crippen LogP contribution in [0, 0.1) is 5.92 Å². The molecule has 0 spiro atoms. The third-order valence-corrected chi connectivity index (χ3v) is 3.84.